The zero-order chi connectivity index (χ0) is 20.4. The van der Waals surface area contributed by atoms with Crippen molar-refractivity contribution in [3.8, 4) is 0 Å². The predicted molar refractivity (Wildman–Crippen MR) is 119 cm³/mol. The Morgan fingerprint density at radius 3 is 2.72 bits per heavy atom. The fourth-order valence-electron chi connectivity index (χ4n) is 4.44. The number of amides is 2. The summed E-state index contributed by atoms with van der Waals surface area (Å²) < 4.78 is 3.28. The molecule has 148 valence electrons. The Kier molecular flexibility index (Phi) is 4.22. The van der Waals surface area contributed by atoms with Crippen molar-refractivity contribution in [1.29, 1.82) is 0 Å². The van der Waals surface area contributed by atoms with Crippen molar-refractivity contribution in [2.24, 2.45) is 0 Å². The van der Waals surface area contributed by atoms with E-state index >= 15 is 0 Å². The minimum Gasteiger partial charge on any atom is -0.356 e. The topological polar surface area (TPSA) is 54.3 Å². The first-order valence-electron chi connectivity index (χ1n) is 9.58. The van der Waals surface area contributed by atoms with Crippen LogP contribution < -0.4 is 5.32 Å². The standard InChI is InChI=1S/C22H20BrN3O2S/c1-11(2)25-9-13-19-14(5-4-6-16(19)25)24-15-10-26(12(3)27)22(28)21(15)20(13)17-7-8-18(23)29-17/h4-9,11,20,24H,10H2,1-3H3/t20-/m1/s1. The number of nitrogens with zero attached hydrogens (tertiary/aromatic N) is 2. The summed E-state index contributed by atoms with van der Waals surface area (Å²) in [4.78, 5) is 27.9. The number of halogens is 1. The van der Waals surface area contributed by atoms with Crippen molar-refractivity contribution in [1.82, 2.24) is 9.47 Å². The molecule has 5 rings (SSSR count). The van der Waals surface area contributed by atoms with Gasteiger partial charge in [0, 0.05) is 40.8 Å². The molecule has 2 amide bonds. The molecule has 2 aliphatic rings. The summed E-state index contributed by atoms with van der Waals surface area (Å²) in [5.41, 5.74) is 4.74. The molecule has 0 bridgehead atoms. The average molecular weight is 470 g/mol. The van der Waals surface area contributed by atoms with Gasteiger partial charge in [-0.1, -0.05) is 6.07 Å². The Bertz CT molecular complexity index is 1220. The maximum Gasteiger partial charge on any atom is 0.259 e. The van der Waals surface area contributed by atoms with Gasteiger partial charge < -0.3 is 9.88 Å². The fourth-order valence-corrected chi connectivity index (χ4v) is 5.99. The van der Waals surface area contributed by atoms with Crippen molar-refractivity contribution in [3.63, 3.8) is 0 Å². The second kappa shape index (κ2) is 6.57. The van der Waals surface area contributed by atoms with Crippen LogP contribution in [0.2, 0.25) is 0 Å². The van der Waals surface area contributed by atoms with E-state index in [9.17, 15) is 9.59 Å². The van der Waals surface area contributed by atoms with Crippen molar-refractivity contribution < 1.29 is 9.59 Å². The van der Waals surface area contributed by atoms with Gasteiger partial charge in [0.05, 0.1) is 27.3 Å². The minimum atomic E-state index is -0.228. The van der Waals surface area contributed by atoms with Crippen LogP contribution in [0.4, 0.5) is 5.69 Å². The quantitative estimate of drug-likeness (QED) is 0.557. The first kappa shape index (κ1) is 18.6. The first-order valence-corrected chi connectivity index (χ1v) is 11.2. The van der Waals surface area contributed by atoms with E-state index in [4.69, 9.17) is 0 Å². The molecule has 5 nitrogen and oxygen atoms in total. The van der Waals surface area contributed by atoms with E-state index in [2.05, 4.69) is 64.1 Å². The highest BCUT2D eigenvalue weighted by Crippen LogP contribution is 2.48. The van der Waals surface area contributed by atoms with E-state index in [1.807, 2.05) is 12.1 Å². The van der Waals surface area contributed by atoms with Gasteiger partial charge in [0.25, 0.3) is 5.91 Å². The second-order valence-corrected chi connectivity index (χ2v) is 10.3. The summed E-state index contributed by atoms with van der Waals surface area (Å²) >= 11 is 5.20. The molecule has 29 heavy (non-hydrogen) atoms. The number of carbonyl (C=O) groups is 2. The van der Waals surface area contributed by atoms with Crippen LogP contribution >= 0.6 is 27.3 Å². The summed E-state index contributed by atoms with van der Waals surface area (Å²) in [7, 11) is 0. The lowest BCUT2D eigenvalue weighted by atomic mass is 9.89. The summed E-state index contributed by atoms with van der Waals surface area (Å²) in [5.74, 6) is -0.640. The summed E-state index contributed by atoms with van der Waals surface area (Å²) in [6.07, 6.45) is 2.18. The van der Waals surface area contributed by atoms with Gasteiger partial charge in [0.2, 0.25) is 5.91 Å². The summed E-state index contributed by atoms with van der Waals surface area (Å²) in [5, 5.41) is 4.65. The summed E-state index contributed by atoms with van der Waals surface area (Å²) in [6, 6.07) is 10.6. The van der Waals surface area contributed by atoms with Crippen LogP contribution in [0.1, 0.15) is 43.2 Å². The third-order valence-corrected chi connectivity index (χ3v) is 7.39. The van der Waals surface area contributed by atoms with E-state index in [-0.39, 0.29) is 30.3 Å². The average Bonchev–Trinajstić information content (AvgIpc) is 3.32. The molecular formula is C22H20BrN3O2S. The van der Waals surface area contributed by atoms with Crippen LogP contribution in [0, 0.1) is 0 Å². The van der Waals surface area contributed by atoms with Gasteiger partial charge in [-0.15, -0.1) is 11.3 Å². The minimum absolute atomic E-state index is 0.201. The maximum atomic E-state index is 13.3. The number of aromatic nitrogens is 1. The lowest BCUT2D eigenvalue weighted by molar-refractivity contribution is -0.139. The lowest BCUT2D eigenvalue weighted by Gasteiger charge is -2.18. The van der Waals surface area contributed by atoms with Gasteiger partial charge in [0.15, 0.2) is 0 Å². The smallest absolute Gasteiger partial charge is 0.259 e. The number of imide groups is 1. The monoisotopic (exact) mass is 469 g/mol. The van der Waals surface area contributed by atoms with E-state index in [0.29, 0.717) is 5.57 Å². The molecule has 1 N–H and O–H groups in total. The van der Waals surface area contributed by atoms with Crippen LogP contribution in [0.3, 0.4) is 0 Å². The van der Waals surface area contributed by atoms with Crippen LogP contribution in [0.5, 0.6) is 0 Å². The molecule has 2 aromatic heterocycles. The maximum absolute atomic E-state index is 13.3. The highest BCUT2D eigenvalue weighted by atomic mass is 79.9. The number of hydrogen-bond acceptors (Lipinski definition) is 4. The van der Waals surface area contributed by atoms with Crippen molar-refractivity contribution >= 4 is 55.7 Å². The molecule has 4 heterocycles. The number of benzene rings is 1. The third kappa shape index (κ3) is 2.71. The molecule has 0 radical (unpaired) electrons. The number of hydrogen-bond donors (Lipinski definition) is 1. The Morgan fingerprint density at radius 1 is 1.28 bits per heavy atom. The second-order valence-electron chi connectivity index (χ2n) is 7.79. The van der Waals surface area contributed by atoms with Gasteiger partial charge in [-0.25, -0.2) is 0 Å². The molecule has 1 aromatic carbocycles. The van der Waals surface area contributed by atoms with E-state index in [1.165, 1.54) is 11.8 Å². The molecule has 0 saturated heterocycles. The van der Waals surface area contributed by atoms with Crippen molar-refractivity contribution in [3.05, 3.63) is 62.0 Å². The number of rotatable bonds is 2. The molecule has 2 aliphatic heterocycles. The highest BCUT2D eigenvalue weighted by Gasteiger charge is 2.42. The molecule has 7 heteroatoms. The number of nitrogens with one attached hydrogen (secondary N) is 1. The highest BCUT2D eigenvalue weighted by molar-refractivity contribution is 9.11. The van der Waals surface area contributed by atoms with Crippen molar-refractivity contribution in [2.75, 3.05) is 11.9 Å². The van der Waals surface area contributed by atoms with E-state index < -0.39 is 0 Å². The van der Waals surface area contributed by atoms with Crippen LogP contribution in [0.15, 0.2) is 51.6 Å². The van der Waals surface area contributed by atoms with E-state index in [0.717, 1.165) is 36.5 Å². The Labute approximate surface area is 181 Å². The molecule has 0 unspecified atom stereocenters. The Balaban J connectivity index is 1.82. The molecule has 0 spiro atoms. The van der Waals surface area contributed by atoms with Crippen LogP contribution in [-0.2, 0) is 9.59 Å². The lowest BCUT2D eigenvalue weighted by Crippen LogP contribution is -2.33. The molecule has 1 atom stereocenters. The molecule has 0 saturated carbocycles. The van der Waals surface area contributed by atoms with E-state index in [1.54, 1.807) is 11.3 Å². The van der Waals surface area contributed by atoms with Gasteiger partial charge in [-0.05, 0) is 59.6 Å². The first-order chi connectivity index (χ1) is 13.9. The zero-order valence-electron chi connectivity index (χ0n) is 16.3. The SMILES string of the molecule is CC(=O)N1CC2=C(C1=O)[C@@H](c1ccc(Br)s1)c1cn(C(C)C)c3cccc(c13)N2. The largest absolute Gasteiger partial charge is 0.356 e. The zero-order valence-corrected chi connectivity index (χ0v) is 18.7. The van der Waals surface area contributed by atoms with Crippen molar-refractivity contribution in [2.45, 2.75) is 32.7 Å². The normalized spacial score (nSPS) is 18.4. The Morgan fingerprint density at radius 2 is 2.07 bits per heavy atom. The van der Waals surface area contributed by atoms with Gasteiger partial charge in [-0.2, -0.15) is 0 Å². The number of thiophene rings is 1. The predicted octanol–water partition coefficient (Wildman–Crippen LogP) is 5.25. The Hall–Kier alpha value is -2.38. The van der Waals surface area contributed by atoms with Gasteiger partial charge in [0.1, 0.15) is 0 Å². The van der Waals surface area contributed by atoms with Crippen LogP contribution in [0.25, 0.3) is 10.9 Å². The fraction of sp³-hybridized carbons (Fsp3) is 0.273. The molecular weight excluding hydrogens is 450 g/mol. The van der Waals surface area contributed by atoms with Gasteiger partial charge >= 0.3 is 0 Å². The molecule has 0 aliphatic carbocycles. The van der Waals surface area contributed by atoms with Gasteiger partial charge in [-0.3, -0.25) is 14.5 Å². The number of carbonyl (C=O) groups excluding carboxylic acids is 2. The van der Waals surface area contributed by atoms with Crippen LogP contribution in [-0.4, -0.2) is 27.8 Å². The molecule has 3 aromatic rings. The summed E-state index contributed by atoms with van der Waals surface area (Å²) in [6.45, 7) is 6.06. The number of anilines is 1. The molecule has 0 fully saturated rings. The third-order valence-electron chi connectivity index (χ3n) is 5.70.